The zero-order valence-corrected chi connectivity index (χ0v) is 12.4. The van der Waals surface area contributed by atoms with Crippen molar-refractivity contribution in [1.82, 2.24) is 14.7 Å². The second-order valence-electron chi connectivity index (χ2n) is 5.37. The van der Waals surface area contributed by atoms with Crippen LogP contribution in [0.3, 0.4) is 0 Å². The van der Waals surface area contributed by atoms with Gasteiger partial charge in [0.15, 0.2) is 0 Å². The van der Waals surface area contributed by atoms with Gasteiger partial charge in [-0.2, -0.15) is 0 Å². The van der Waals surface area contributed by atoms with Gasteiger partial charge in [-0.15, -0.1) is 0 Å². The van der Waals surface area contributed by atoms with Gasteiger partial charge in [0.25, 0.3) is 0 Å². The third kappa shape index (κ3) is 4.81. The van der Waals surface area contributed by atoms with Crippen molar-refractivity contribution in [3.05, 3.63) is 0 Å². The average Bonchev–Trinajstić information content (AvgIpc) is 2.22. The van der Waals surface area contributed by atoms with E-state index in [2.05, 4.69) is 63.8 Å². The van der Waals surface area contributed by atoms with E-state index in [0.29, 0.717) is 5.54 Å². The molecule has 0 rings (SSSR count). The largest absolute Gasteiger partial charge is 0.308 e. The maximum Gasteiger partial charge on any atom is 0.0325 e. The third-order valence-corrected chi connectivity index (χ3v) is 3.76. The number of hydrogen-bond acceptors (Lipinski definition) is 3. The topological polar surface area (TPSA) is 9.72 Å². The number of likely N-dealkylation sites (N-methyl/N-ethyl adjacent to an activating group) is 3. The number of rotatable bonds is 8. The van der Waals surface area contributed by atoms with E-state index in [1.165, 1.54) is 12.8 Å². The summed E-state index contributed by atoms with van der Waals surface area (Å²) in [7, 11) is 10.9. The van der Waals surface area contributed by atoms with Crippen LogP contribution in [0.2, 0.25) is 0 Å². The number of nitrogens with zero attached hydrogens (tertiary/aromatic N) is 3. The van der Waals surface area contributed by atoms with Crippen molar-refractivity contribution in [2.24, 2.45) is 0 Å². The Morgan fingerprint density at radius 3 is 1.62 bits per heavy atom. The van der Waals surface area contributed by atoms with E-state index in [0.717, 1.165) is 19.6 Å². The summed E-state index contributed by atoms with van der Waals surface area (Å²) in [6.45, 7) is 8.02. The van der Waals surface area contributed by atoms with E-state index in [4.69, 9.17) is 0 Å². The molecule has 98 valence electrons. The summed E-state index contributed by atoms with van der Waals surface area (Å²) in [4.78, 5) is 7.08. The van der Waals surface area contributed by atoms with E-state index in [1.54, 1.807) is 0 Å². The molecule has 0 atom stereocenters. The minimum absolute atomic E-state index is 0.334. The normalized spacial score (nSPS) is 13.1. The maximum atomic E-state index is 2.45. The maximum absolute atomic E-state index is 2.45. The van der Waals surface area contributed by atoms with E-state index >= 15 is 0 Å². The molecule has 0 aromatic heterocycles. The SMILES string of the molecule is CCC(CC)(CN(C)CCN(C)C)N(C)C. The van der Waals surface area contributed by atoms with Crippen molar-refractivity contribution >= 4 is 0 Å². The Morgan fingerprint density at radius 2 is 1.31 bits per heavy atom. The van der Waals surface area contributed by atoms with Crippen molar-refractivity contribution in [2.45, 2.75) is 32.2 Å². The van der Waals surface area contributed by atoms with Gasteiger partial charge < -0.3 is 14.7 Å². The van der Waals surface area contributed by atoms with Crippen LogP contribution in [-0.2, 0) is 0 Å². The van der Waals surface area contributed by atoms with Crippen molar-refractivity contribution in [2.75, 3.05) is 54.9 Å². The highest BCUT2D eigenvalue weighted by molar-refractivity contribution is 4.88. The molecule has 0 aliphatic carbocycles. The smallest absolute Gasteiger partial charge is 0.0325 e. The highest BCUT2D eigenvalue weighted by Crippen LogP contribution is 2.22. The molecule has 16 heavy (non-hydrogen) atoms. The predicted molar refractivity (Wildman–Crippen MR) is 73.1 cm³/mol. The second-order valence-corrected chi connectivity index (χ2v) is 5.37. The quantitative estimate of drug-likeness (QED) is 0.626. The second kappa shape index (κ2) is 7.25. The Morgan fingerprint density at radius 1 is 0.812 bits per heavy atom. The first-order valence-electron chi connectivity index (χ1n) is 6.38. The Kier molecular flexibility index (Phi) is 7.20. The fourth-order valence-electron chi connectivity index (χ4n) is 2.20. The lowest BCUT2D eigenvalue weighted by atomic mass is 9.91. The van der Waals surface area contributed by atoms with Crippen molar-refractivity contribution < 1.29 is 0 Å². The molecular weight excluding hydrogens is 198 g/mol. The molecule has 0 aromatic carbocycles. The van der Waals surface area contributed by atoms with Crippen LogP contribution in [0.15, 0.2) is 0 Å². The van der Waals surface area contributed by atoms with Gasteiger partial charge >= 0.3 is 0 Å². The molecule has 0 aliphatic rings. The Bertz CT molecular complexity index is 174. The summed E-state index contributed by atoms with van der Waals surface area (Å²) in [5.41, 5.74) is 0.334. The summed E-state index contributed by atoms with van der Waals surface area (Å²) in [5.74, 6) is 0. The van der Waals surface area contributed by atoms with Crippen LogP contribution in [0.1, 0.15) is 26.7 Å². The van der Waals surface area contributed by atoms with Crippen LogP contribution >= 0.6 is 0 Å². The molecule has 0 N–H and O–H groups in total. The van der Waals surface area contributed by atoms with E-state index in [9.17, 15) is 0 Å². The Balaban J connectivity index is 4.28. The molecule has 0 bridgehead atoms. The Hall–Kier alpha value is -0.120. The van der Waals surface area contributed by atoms with Crippen LogP contribution in [-0.4, -0.2) is 75.1 Å². The van der Waals surface area contributed by atoms with Gasteiger partial charge in [-0.3, -0.25) is 0 Å². The van der Waals surface area contributed by atoms with Crippen LogP contribution in [0.4, 0.5) is 0 Å². The zero-order chi connectivity index (χ0) is 12.8. The zero-order valence-electron chi connectivity index (χ0n) is 12.4. The predicted octanol–water partition coefficient (Wildman–Crippen LogP) is 1.60. The van der Waals surface area contributed by atoms with Crippen molar-refractivity contribution in [1.29, 1.82) is 0 Å². The molecule has 0 saturated carbocycles. The first-order valence-corrected chi connectivity index (χ1v) is 6.38. The van der Waals surface area contributed by atoms with Crippen LogP contribution < -0.4 is 0 Å². The Labute approximate surface area is 102 Å². The molecule has 0 aromatic rings. The lowest BCUT2D eigenvalue weighted by Crippen LogP contribution is -2.52. The molecular formula is C13H31N3. The molecule has 0 aliphatic heterocycles. The highest BCUT2D eigenvalue weighted by Gasteiger charge is 2.29. The molecule has 0 heterocycles. The van der Waals surface area contributed by atoms with Gasteiger partial charge in [0.2, 0.25) is 0 Å². The summed E-state index contributed by atoms with van der Waals surface area (Å²) < 4.78 is 0. The monoisotopic (exact) mass is 229 g/mol. The summed E-state index contributed by atoms with van der Waals surface area (Å²) >= 11 is 0. The molecule has 3 nitrogen and oxygen atoms in total. The van der Waals surface area contributed by atoms with Gasteiger partial charge in [-0.05, 0) is 48.1 Å². The fourth-order valence-corrected chi connectivity index (χ4v) is 2.20. The third-order valence-electron chi connectivity index (χ3n) is 3.76. The minimum atomic E-state index is 0.334. The van der Waals surface area contributed by atoms with E-state index in [-0.39, 0.29) is 0 Å². The number of hydrogen-bond donors (Lipinski definition) is 0. The first-order chi connectivity index (χ1) is 7.38. The van der Waals surface area contributed by atoms with Gasteiger partial charge in [0.05, 0.1) is 0 Å². The van der Waals surface area contributed by atoms with E-state index in [1.807, 2.05) is 0 Å². The highest BCUT2D eigenvalue weighted by atomic mass is 15.2. The van der Waals surface area contributed by atoms with E-state index < -0.39 is 0 Å². The average molecular weight is 229 g/mol. The van der Waals surface area contributed by atoms with Gasteiger partial charge in [-0.25, -0.2) is 0 Å². The molecule has 0 radical (unpaired) electrons. The molecule has 3 heteroatoms. The van der Waals surface area contributed by atoms with Crippen LogP contribution in [0.5, 0.6) is 0 Å². The fraction of sp³-hybridized carbons (Fsp3) is 1.00. The lowest BCUT2D eigenvalue weighted by Gasteiger charge is -2.41. The minimum Gasteiger partial charge on any atom is -0.308 e. The van der Waals surface area contributed by atoms with Gasteiger partial charge in [0, 0.05) is 25.2 Å². The summed E-state index contributed by atoms with van der Waals surface area (Å²) in [5, 5.41) is 0. The summed E-state index contributed by atoms with van der Waals surface area (Å²) in [6, 6.07) is 0. The summed E-state index contributed by atoms with van der Waals surface area (Å²) in [6.07, 6.45) is 2.42. The molecule has 0 amide bonds. The lowest BCUT2D eigenvalue weighted by molar-refractivity contribution is 0.0883. The van der Waals surface area contributed by atoms with Crippen molar-refractivity contribution in [3.63, 3.8) is 0 Å². The van der Waals surface area contributed by atoms with Gasteiger partial charge in [-0.1, -0.05) is 13.8 Å². The standard InChI is InChI=1S/C13H31N3/c1-8-13(9-2,15(5)6)12-16(7)11-10-14(3)4/h8-12H2,1-7H3. The van der Waals surface area contributed by atoms with Gasteiger partial charge in [0.1, 0.15) is 0 Å². The van der Waals surface area contributed by atoms with Crippen LogP contribution in [0.25, 0.3) is 0 Å². The molecule has 0 unspecified atom stereocenters. The van der Waals surface area contributed by atoms with Crippen LogP contribution in [0, 0.1) is 0 Å². The molecule has 0 spiro atoms. The molecule has 0 saturated heterocycles. The molecule has 0 fully saturated rings. The van der Waals surface area contributed by atoms with Crippen molar-refractivity contribution in [3.8, 4) is 0 Å². The first kappa shape index (κ1) is 15.9.